The molecule has 1 aromatic heterocycles. The van der Waals surface area contributed by atoms with E-state index in [4.69, 9.17) is 9.31 Å². The van der Waals surface area contributed by atoms with Crippen LogP contribution >= 0.6 is 0 Å². The minimum Gasteiger partial charge on any atom is -0.399 e. The number of benzene rings is 1. The van der Waals surface area contributed by atoms with E-state index in [1.165, 1.54) is 5.56 Å². The van der Waals surface area contributed by atoms with Crippen LogP contribution in [0.4, 0.5) is 0 Å². The van der Waals surface area contributed by atoms with E-state index in [1.807, 2.05) is 23.1 Å². The second-order valence-electron chi connectivity index (χ2n) is 6.86. The lowest BCUT2D eigenvalue weighted by Gasteiger charge is -2.32. The van der Waals surface area contributed by atoms with E-state index in [-0.39, 0.29) is 18.3 Å². The third kappa shape index (κ3) is 2.96. The number of hydrogen-bond donors (Lipinski definition) is 0. The van der Waals surface area contributed by atoms with Crippen molar-refractivity contribution >= 4 is 12.6 Å². The molecule has 5 heteroatoms. The molecular formula is C17H23BN2O2. The Kier molecular flexibility index (Phi) is 3.87. The van der Waals surface area contributed by atoms with Gasteiger partial charge in [0.05, 0.1) is 11.2 Å². The monoisotopic (exact) mass is 298 g/mol. The number of aryl methyl sites for hydroxylation is 2. The molecule has 0 N–H and O–H groups in total. The van der Waals surface area contributed by atoms with E-state index in [0.717, 1.165) is 18.4 Å². The molecule has 116 valence electrons. The van der Waals surface area contributed by atoms with E-state index in [9.17, 15) is 0 Å². The van der Waals surface area contributed by atoms with Gasteiger partial charge in [-0.3, -0.25) is 4.68 Å². The van der Waals surface area contributed by atoms with Gasteiger partial charge in [-0.15, -0.1) is 0 Å². The van der Waals surface area contributed by atoms with Gasteiger partial charge in [0.2, 0.25) is 0 Å². The van der Waals surface area contributed by atoms with E-state index < -0.39 is 0 Å². The smallest absolute Gasteiger partial charge is 0.399 e. The lowest BCUT2D eigenvalue weighted by atomic mass is 9.82. The molecule has 0 aliphatic carbocycles. The first-order valence-electron chi connectivity index (χ1n) is 7.79. The van der Waals surface area contributed by atoms with Crippen LogP contribution in [-0.4, -0.2) is 28.1 Å². The maximum Gasteiger partial charge on any atom is 0.498 e. The van der Waals surface area contributed by atoms with Crippen LogP contribution in [0.2, 0.25) is 0 Å². The lowest BCUT2D eigenvalue weighted by molar-refractivity contribution is 0.00578. The molecule has 2 heterocycles. The van der Waals surface area contributed by atoms with Crippen molar-refractivity contribution in [2.45, 2.75) is 51.9 Å². The zero-order valence-corrected chi connectivity index (χ0v) is 13.7. The minimum atomic E-state index is -0.338. The topological polar surface area (TPSA) is 36.3 Å². The van der Waals surface area contributed by atoms with Crippen LogP contribution in [-0.2, 0) is 22.3 Å². The Bertz CT molecular complexity index is 621. The fraction of sp³-hybridized carbons (Fsp3) is 0.471. The third-order valence-electron chi connectivity index (χ3n) is 4.65. The predicted octanol–water partition coefficient (Wildman–Crippen LogP) is 2.42. The van der Waals surface area contributed by atoms with Crippen LogP contribution < -0.4 is 5.46 Å². The summed E-state index contributed by atoms with van der Waals surface area (Å²) in [5.41, 5.74) is 1.66. The Hall–Kier alpha value is -1.59. The Morgan fingerprint density at radius 1 is 1.05 bits per heavy atom. The van der Waals surface area contributed by atoms with E-state index in [2.05, 4.69) is 57.1 Å². The van der Waals surface area contributed by atoms with Crippen LogP contribution in [0.25, 0.3) is 0 Å². The summed E-state index contributed by atoms with van der Waals surface area (Å²) < 4.78 is 14.1. The summed E-state index contributed by atoms with van der Waals surface area (Å²) in [6.07, 6.45) is 4.82. The van der Waals surface area contributed by atoms with Crippen LogP contribution in [0.1, 0.15) is 33.3 Å². The molecule has 0 unspecified atom stereocenters. The zero-order valence-electron chi connectivity index (χ0n) is 13.7. The highest BCUT2D eigenvalue weighted by atomic mass is 16.7. The highest BCUT2D eigenvalue weighted by Gasteiger charge is 2.52. The summed E-state index contributed by atoms with van der Waals surface area (Å²) in [6, 6.07) is 10.4. The molecule has 0 radical (unpaired) electrons. The van der Waals surface area contributed by atoms with E-state index in [1.54, 1.807) is 0 Å². The van der Waals surface area contributed by atoms with Crippen molar-refractivity contribution < 1.29 is 9.31 Å². The van der Waals surface area contributed by atoms with Gasteiger partial charge in [0.1, 0.15) is 0 Å². The van der Waals surface area contributed by atoms with Crippen molar-refractivity contribution in [2.75, 3.05) is 0 Å². The summed E-state index contributed by atoms with van der Waals surface area (Å²) in [4.78, 5) is 0. The lowest BCUT2D eigenvalue weighted by Crippen LogP contribution is -2.41. The molecule has 0 spiro atoms. The van der Waals surface area contributed by atoms with Crippen LogP contribution in [0.5, 0.6) is 0 Å². The number of nitrogens with zero attached hydrogens (tertiary/aromatic N) is 2. The third-order valence-corrected chi connectivity index (χ3v) is 4.65. The second-order valence-corrected chi connectivity index (χ2v) is 6.86. The quantitative estimate of drug-likeness (QED) is 0.813. The van der Waals surface area contributed by atoms with Crippen molar-refractivity contribution in [2.24, 2.45) is 0 Å². The molecule has 2 aromatic rings. The van der Waals surface area contributed by atoms with Crippen molar-refractivity contribution in [3.8, 4) is 0 Å². The Morgan fingerprint density at radius 2 is 1.68 bits per heavy atom. The maximum atomic E-state index is 6.05. The molecule has 22 heavy (non-hydrogen) atoms. The van der Waals surface area contributed by atoms with Gasteiger partial charge < -0.3 is 9.31 Å². The molecule has 1 aliphatic heterocycles. The summed E-state index contributed by atoms with van der Waals surface area (Å²) in [6.45, 7) is 9.10. The van der Waals surface area contributed by atoms with Crippen molar-refractivity contribution in [1.29, 1.82) is 0 Å². The number of rotatable bonds is 4. The fourth-order valence-electron chi connectivity index (χ4n) is 2.49. The molecule has 4 nitrogen and oxygen atoms in total. The number of aromatic nitrogens is 2. The Morgan fingerprint density at radius 3 is 2.32 bits per heavy atom. The summed E-state index contributed by atoms with van der Waals surface area (Å²) in [7, 11) is -0.338. The first-order chi connectivity index (χ1) is 10.4. The van der Waals surface area contributed by atoms with Gasteiger partial charge in [-0.25, -0.2) is 0 Å². The van der Waals surface area contributed by atoms with Crippen LogP contribution in [0.3, 0.4) is 0 Å². The largest absolute Gasteiger partial charge is 0.498 e. The van der Waals surface area contributed by atoms with Gasteiger partial charge in [-0.1, -0.05) is 30.3 Å². The maximum absolute atomic E-state index is 6.05. The molecule has 1 fully saturated rings. The summed E-state index contributed by atoms with van der Waals surface area (Å²) >= 11 is 0. The van der Waals surface area contributed by atoms with E-state index >= 15 is 0 Å². The molecule has 1 aliphatic rings. The van der Waals surface area contributed by atoms with Gasteiger partial charge in [0.15, 0.2) is 0 Å². The Labute approximate surface area is 132 Å². The fourth-order valence-corrected chi connectivity index (χ4v) is 2.49. The van der Waals surface area contributed by atoms with Crippen molar-refractivity contribution in [3.05, 3.63) is 48.3 Å². The predicted molar refractivity (Wildman–Crippen MR) is 88.1 cm³/mol. The van der Waals surface area contributed by atoms with Crippen LogP contribution in [0, 0.1) is 0 Å². The molecular weight excluding hydrogens is 275 g/mol. The molecule has 0 bridgehead atoms. The zero-order chi connectivity index (χ0) is 15.8. The standard InChI is InChI=1S/C17H23BN2O2/c1-16(2)17(3,4)22-18(21-16)15-12-19-20(13-15)11-10-14-8-6-5-7-9-14/h5-9,12-13H,10-11H2,1-4H3. The SMILES string of the molecule is CC1(C)OB(c2cnn(CCc3ccccc3)c2)OC1(C)C. The average molecular weight is 298 g/mol. The average Bonchev–Trinajstić information content (AvgIpc) is 3.01. The molecule has 1 aromatic carbocycles. The van der Waals surface area contributed by atoms with Gasteiger partial charge in [0.25, 0.3) is 0 Å². The molecule has 0 atom stereocenters. The normalized spacial score (nSPS) is 19.5. The van der Waals surface area contributed by atoms with Crippen molar-refractivity contribution in [3.63, 3.8) is 0 Å². The summed E-state index contributed by atoms with van der Waals surface area (Å²) in [5.74, 6) is 0. The van der Waals surface area contributed by atoms with Gasteiger partial charge in [-0.05, 0) is 39.7 Å². The van der Waals surface area contributed by atoms with Crippen molar-refractivity contribution in [1.82, 2.24) is 9.78 Å². The minimum absolute atomic E-state index is 0.316. The van der Waals surface area contributed by atoms with Gasteiger partial charge in [0, 0.05) is 24.4 Å². The Balaban J connectivity index is 1.65. The summed E-state index contributed by atoms with van der Waals surface area (Å²) in [5, 5.41) is 4.43. The molecule has 0 amide bonds. The highest BCUT2D eigenvalue weighted by Crippen LogP contribution is 2.36. The number of hydrogen-bond acceptors (Lipinski definition) is 3. The first-order valence-corrected chi connectivity index (χ1v) is 7.79. The molecule has 0 saturated carbocycles. The van der Waals surface area contributed by atoms with Crippen LogP contribution in [0.15, 0.2) is 42.7 Å². The molecule has 1 saturated heterocycles. The molecule has 3 rings (SSSR count). The second kappa shape index (κ2) is 5.56. The van der Waals surface area contributed by atoms with Gasteiger partial charge in [-0.2, -0.15) is 5.10 Å². The first kappa shape index (κ1) is 15.3. The highest BCUT2D eigenvalue weighted by molar-refractivity contribution is 6.61. The van der Waals surface area contributed by atoms with E-state index in [0.29, 0.717) is 0 Å². The van der Waals surface area contributed by atoms with Gasteiger partial charge >= 0.3 is 7.12 Å².